The van der Waals surface area contributed by atoms with Crippen LogP contribution < -0.4 is 5.32 Å². The van der Waals surface area contributed by atoms with Crippen molar-refractivity contribution in [2.45, 2.75) is 65.8 Å². The average molecular weight is 279 g/mol. The zero-order valence-electron chi connectivity index (χ0n) is 13.0. The average Bonchev–Trinajstić information content (AvgIpc) is 2.78. The van der Waals surface area contributed by atoms with E-state index in [4.69, 9.17) is 0 Å². The van der Waals surface area contributed by atoms with Gasteiger partial charge in [-0.1, -0.05) is 20.8 Å². The Morgan fingerprint density at radius 1 is 1.37 bits per heavy atom. The summed E-state index contributed by atoms with van der Waals surface area (Å²) in [5.41, 5.74) is 2.09. The fraction of sp³-hybridized carbons (Fsp3) is 0.765. The Bertz CT molecular complexity index is 384. The van der Waals surface area contributed by atoms with Gasteiger partial charge in [-0.3, -0.25) is 0 Å². The van der Waals surface area contributed by atoms with Crippen LogP contribution in [-0.4, -0.2) is 6.54 Å². The van der Waals surface area contributed by atoms with Crippen LogP contribution in [0.5, 0.6) is 0 Å². The molecule has 0 spiro atoms. The summed E-state index contributed by atoms with van der Waals surface area (Å²) in [6, 6.07) is 2.97. The Labute approximate surface area is 122 Å². The molecule has 1 N–H and O–H groups in total. The first-order valence-electron chi connectivity index (χ1n) is 7.80. The third kappa shape index (κ3) is 4.06. The molecule has 1 unspecified atom stereocenters. The summed E-state index contributed by atoms with van der Waals surface area (Å²) in [7, 11) is 0. The fourth-order valence-electron chi connectivity index (χ4n) is 3.24. The predicted molar refractivity (Wildman–Crippen MR) is 85.8 cm³/mol. The maximum absolute atomic E-state index is 3.80. The number of aryl methyl sites for hydroxylation is 1. The van der Waals surface area contributed by atoms with E-state index in [0.29, 0.717) is 11.5 Å². The molecule has 1 aliphatic rings. The third-order valence-electron chi connectivity index (χ3n) is 4.58. The number of thiophene rings is 1. The van der Waals surface area contributed by atoms with Crippen molar-refractivity contribution in [3.63, 3.8) is 0 Å². The molecule has 1 aliphatic carbocycles. The molecule has 2 heteroatoms. The summed E-state index contributed by atoms with van der Waals surface area (Å²) in [5.74, 6) is 0.827. The Morgan fingerprint density at radius 2 is 2.05 bits per heavy atom. The smallest absolute Gasteiger partial charge is 0.0357 e. The highest BCUT2D eigenvalue weighted by molar-refractivity contribution is 7.10. The normalized spacial score (nSPS) is 21.5. The lowest BCUT2D eigenvalue weighted by Gasteiger charge is -2.38. The predicted octanol–water partition coefficient (Wildman–Crippen LogP) is 5.31. The van der Waals surface area contributed by atoms with Crippen molar-refractivity contribution < 1.29 is 0 Å². The van der Waals surface area contributed by atoms with E-state index in [9.17, 15) is 0 Å². The van der Waals surface area contributed by atoms with Gasteiger partial charge in [0.1, 0.15) is 0 Å². The second kappa shape index (κ2) is 6.41. The summed E-state index contributed by atoms with van der Waals surface area (Å²) in [6.07, 6.45) is 6.74. The van der Waals surface area contributed by atoms with Gasteiger partial charge in [0.25, 0.3) is 0 Å². The van der Waals surface area contributed by atoms with Crippen molar-refractivity contribution in [2.24, 2.45) is 11.3 Å². The molecule has 2 rings (SSSR count). The molecule has 1 heterocycles. The van der Waals surface area contributed by atoms with Crippen LogP contribution in [-0.2, 0) is 0 Å². The molecular weight excluding hydrogens is 250 g/mol. The van der Waals surface area contributed by atoms with Gasteiger partial charge in [-0.05, 0) is 73.9 Å². The van der Waals surface area contributed by atoms with E-state index in [0.717, 1.165) is 12.5 Å². The lowest BCUT2D eigenvalue weighted by atomic mass is 9.70. The van der Waals surface area contributed by atoms with Crippen LogP contribution in [0.3, 0.4) is 0 Å². The first-order chi connectivity index (χ1) is 9.02. The van der Waals surface area contributed by atoms with Gasteiger partial charge in [-0.15, -0.1) is 11.3 Å². The maximum atomic E-state index is 3.80. The van der Waals surface area contributed by atoms with Gasteiger partial charge in [0.15, 0.2) is 0 Å². The summed E-state index contributed by atoms with van der Waals surface area (Å²) < 4.78 is 0. The Hall–Kier alpha value is -0.340. The highest BCUT2D eigenvalue weighted by atomic mass is 32.1. The highest BCUT2D eigenvalue weighted by Crippen LogP contribution is 2.43. The molecule has 1 saturated carbocycles. The zero-order chi connectivity index (χ0) is 13.9. The Morgan fingerprint density at radius 3 is 2.58 bits per heavy atom. The van der Waals surface area contributed by atoms with E-state index in [1.54, 1.807) is 0 Å². The van der Waals surface area contributed by atoms with Crippen molar-refractivity contribution in [3.05, 3.63) is 21.9 Å². The molecule has 1 aromatic heterocycles. The van der Waals surface area contributed by atoms with E-state index < -0.39 is 0 Å². The second-order valence-electron chi connectivity index (χ2n) is 6.92. The second-order valence-corrected chi connectivity index (χ2v) is 8.04. The molecule has 0 bridgehead atoms. The molecular formula is C17H29NS. The summed E-state index contributed by atoms with van der Waals surface area (Å²) in [6.45, 7) is 10.5. The maximum Gasteiger partial charge on any atom is 0.0357 e. The first kappa shape index (κ1) is 15.1. The van der Waals surface area contributed by atoms with Gasteiger partial charge in [0.2, 0.25) is 0 Å². The molecule has 1 aromatic rings. The number of hydrogen-bond donors (Lipinski definition) is 1. The van der Waals surface area contributed by atoms with Crippen LogP contribution in [0.4, 0.5) is 0 Å². The molecule has 19 heavy (non-hydrogen) atoms. The van der Waals surface area contributed by atoms with Crippen LogP contribution in [0.15, 0.2) is 11.4 Å². The molecule has 0 amide bonds. The molecule has 1 atom stereocenters. The van der Waals surface area contributed by atoms with E-state index in [1.807, 2.05) is 11.3 Å². The summed E-state index contributed by atoms with van der Waals surface area (Å²) in [4.78, 5) is 1.44. The minimum Gasteiger partial charge on any atom is -0.310 e. The first-order valence-corrected chi connectivity index (χ1v) is 8.68. The summed E-state index contributed by atoms with van der Waals surface area (Å²) >= 11 is 1.89. The van der Waals surface area contributed by atoms with E-state index in [-0.39, 0.29) is 0 Å². The van der Waals surface area contributed by atoms with Gasteiger partial charge in [-0.25, -0.2) is 0 Å². The van der Waals surface area contributed by atoms with Crippen molar-refractivity contribution in [3.8, 4) is 0 Å². The van der Waals surface area contributed by atoms with Gasteiger partial charge in [0, 0.05) is 10.9 Å². The van der Waals surface area contributed by atoms with Crippen molar-refractivity contribution in [1.82, 2.24) is 5.32 Å². The quantitative estimate of drug-likeness (QED) is 0.770. The zero-order valence-corrected chi connectivity index (χ0v) is 13.8. The number of nitrogens with one attached hydrogen (secondary N) is 1. The van der Waals surface area contributed by atoms with Crippen LogP contribution in [0, 0.1) is 18.3 Å². The molecule has 0 aromatic carbocycles. The van der Waals surface area contributed by atoms with Crippen molar-refractivity contribution in [1.29, 1.82) is 0 Å². The van der Waals surface area contributed by atoms with Crippen LogP contribution in [0.25, 0.3) is 0 Å². The fourth-order valence-corrected chi connectivity index (χ4v) is 3.98. The van der Waals surface area contributed by atoms with Crippen LogP contribution >= 0.6 is 11.3 Å². The molecule has 0 aliphatic heterocycles. The van der Waals surface area contributed by atoms with Gasteiger partial charge >= 0.3 is 0 Å². The monoisotopic (exact) mass is 279 g/mol. The SMILES string of the molecule is CCCNC(c1csc(C)c1)C1CCC(C)(C)CC1. The molecule has 108 valence electrons. The third-order valence-corrected chi connectivity index (χ3v) is 5.46. The van der Waals surface area contributed by atoms with Gasteiger partial charge < -0.3 is 5.32 Å². The van der Waals surface area contributed by atoms with Crippen LogP contribution in [0.1, 0.15) is 69.4 Å². The minimum atomic E-state index is 0.566. The molecule has 0 saturated heterocycles. The van der Waals surface area contributed by atoms with Crippen molar-refractivity contribution in [2.75, 3.05) is 6.54 Å². The van der Waals surface area contributed by atoms with E-state index in [2.05, 4.69) is 44.5 Å². The number of hydrogen-bond acceptors (Lipinski definition) is 2. The Balaban J connectivity index is 2.05. The van der Waals surface area contributed by atoms with Crippen molar-refractivity contribution >= 4 is 11.3 Å². The van der Waals surface area contributed by atoms with Gasteiger partial charge in [0.05, 0.1) is 0 Å². The largest absolute Gasteiger partial charge is 0.310 e. The number of rotatable bonds is 5. The lowest BCUT2D eigenvalue weighted by Crippen LogP contribution is -2.33. The summed E-state index contributed by atoms with van der Waals surface area (Å²) in [5, 5.41) is 6.17. The topological polar surface area (TPSA) is 12.0 Å². The van der Waals surface area contributed by atoms with E-state index in [1.165, 1.54) is 42.5 Å². The molecule has 1 fully saturated rings. The van der Waals surface area contributed by atoms with Crippen LogP contribution in [0.2, 0.25) is 0 Å². The minimum absolute atomic E-state index is 0.566. The highest BCUT2D eigenvalue weighted by Gasteiger charge is 2.32. The molecule has 1 nitrogen and oxygen atoms in total. The standard InChI is InChI=1S/C17H29NS/c1-5-10-18-16(15-11-13(2)19-12-15)14-6-8-17(3,4)9-7-14/h11-12,14,16,18H,5-10H2,1-4H3. The Kier molecular flexibility index (Phi) is 5.08. The van der Waals surface area contributed by atoms with E-state index >= 15 is 0 Å². The lowest BCUT2D eigenvalue weighted by molar-refractivity contribution is 0.161. The van der Waals surface area contributed by atoms with Gasteiger partial charge in [-0.2, -0.15) is 0 Å². The molecule has 0 radical (unpaired) electrons.